The van der Waals surface area contributed by atoms with Crippen LogP contribution in [0.25, 0.3) is 0 Å². The number of benzene rings is 1. The first-order valence-corrected chi connectivity index (χ1v) is 18.1. The average Bonchev–Trinajstić information content (AvgIpc) is 3.56. The summed E-state index contributed by atoms with van der Waals surface area (Å²) in [4.78, 5) is 13.3. The number of phenols is 1. The van der Waals surface area contributed by atoms with Crippen molar-refractivity contribution < 1.29 is 29.6 Å². The third-order valence-corrected chi connectivity index (χ3v) is 15.2. The quantitative estimate of drug-likeness (QED) is 0.261. The van der Waals surface area contributed by atoms with Crippen molar-refractivity contribution in [1.29, 1.82) is 0 Å². The van der Waals surface area contributed by atoms with Gasteiger partial charge in [0, 0.05) is 5.41 Å². The van der Waals surface area contributed by atoms with Crippen LogP contribution in [-0.2, 0) is 20.7 Å². The Morgan fingerprint density at radius 3 is 2.24 bits per heavy atom. The maximum atomic E-state index is 13.3. The predicted octanol–water partition coefficient (Wildman–Crippen LogP) is 6.54. The first kappa shape index (κ1) is 34.2. The fourth-order valence-electron chi connectivity index (χ4n) is 12.5. The van der Waals surface area contributed by atoms with E-state index < -0.39 is 11.6 Å². The Hall–Kier alpha value is -1.67. The number of esters is 1. The zero-order valence-corrected chi connectivity index (χ0v) is 29.6. The summed E-state index contributed by atoms with van der Waals surface area (Å²) in [5.74, 6) is 1.04. The van der Waals surface area contributed by atoms with E-state index in [9.17, 15) is 20.1 Å². The van der Waals surface area contributed by atoms with E-state index in [1.54, 1.807) is 24.3 Å². The molecule has 5 aliphatic rings. The Morgan fingerprint density at radius 1 is 0.957 bits per heavy atom. The minimum absolute atomic E-state index is 0.00161. The van der Waals surface area contributed by atoms with Crippen LogP contribution < -0.4 is 5.73 Å². The molecule has 0 bridgehead atoms. The van der Waals surface area contributed by atoms with Gasteiger partial charge in [-0.1, -0.05) is 46.8 Å². The Balaban J connectivity index is 1.20. The van der Waals surface area contributed by atoms with Crippen LogP contribution in [0.4, 0.5) is 0 Å². The standard InChI is InChI=1S/C39H61NO6/c1-34(2)28-14-19-37(6)29(36(28,5)17-15-30(34)45-33(43)26(40)21-23-9-11-24(41)12-10-23)22-27(42)32-25(13-18-38(32,37)7)39(8)20-16-31(46-39)35(3,4)44/h9-12,25-32,41-42,44H,13-22,40H2,1-8H3/t25-,26-,27+,28-,29+,30-,31-,32-,36-,37+,38+,39-/m0/s1. The number of carbonyl (C=O) groups is 1. The monoisotopic (exact) mass is 639 g/mol. The van der Waals surface area contributed by atoms with Crippen LogP contribution in [0.15, 0.2) is 24.3 Å². The molecular weight excluding hydrogens is 578 g/mol. The number of ether oxygens (including phenoxy) is 2. The normalized spacial score (nSPS) is 45.8. The van der Waals surface area contributed by atoms with Crippen molar-refractivity contribution in [3.63, 3.8) is 0 Å². The molecule has 5 fully saturated rings. The molecule has 1 aromatic rings. The molecule has 1 heterocycles. The van der Waals surface area contributed by atoms with E-state index in [4.69, 9.17) is 15.2 Å². The van der Waals surface area contributed by atoms with Crippen LogP contribution in [0.5, 0.6) is 5.75 Å². The lowest BCUT2D eigenvalue weighted by Crippen LogP contribution is -2.67. The molecule has 1 saturated heterocycles. The molecule has 5 N–H and O–H groups in total. The SMILES string of the molecule is CC(C)(O)[C@@H]1CC[C@@](C)([C@H]2CC[C@]3(C)[C@@H]2[C@H](O)C[C@@H]2[C@@]4(C)CC[C@H](OC(=O)[C@@H](N)Cc5ccc(O)cc5)C(C)(C)[C@@H]4CC[C@]23C)O1. The molecule has 258 valence electrons. The first-order valence-electron chi connectivity index (χ1n) is 18.1. The van der Waals surface area contributed by atoms with E-state index in [1.807, 2.05) is 13.8 Å². The van der Waals surface area contributed by atoms with E-state index in [-0.39, 0.29) is 69.1 Å². The van der Waals surface area contributed by atoms with E-state index in [0.29, 0.717) is 18.3 Å². The summed E-state index contributed by atoms with van der Waals surface area (Å²) in [5, 5.41) is 32.5. The number of rotatable bonds is 6. The maximum Gasteiger partial charge on any atom is 0.323 e. The van der Waals surface area contributed by atoms with Gasteiger partial charge in [0.05, 0.1) is 23.4 Å². The van der Waals surface area contributed by atoms with Crippen LogP contribution in [0.2, 0.25) is 0 Å². The molecule has 7 heteroatoms. The number of hydrogen-bond donors (Lipinski definition) is 4. The van der Waals surface area contributed by atoms with Gasteiger partial charge in [-0.15, -0.1) is 0 Å². The number of nitrogens with two attached hydrogens (primary N) is 1. The lowest BCUT2D eigenvalue weighted by Gasteiger charge is -2.70. The zero-order valence-electron chi connectivity index (χ0n) is 29.6. The minimum atomic E-state index is -0.868. The topological polar surface area (TPSA) is 122 Å². The van der Waals surface area contributed by atoms with Gasteiger partial charge < -0.3 is 30.5 Å². The Labute approximate surface area is 277 Å². The highest BCUT2D eigenvalue weighted by Gasteiger charge is 2.72. The summed E-state index contributed by atoms with van der Waals surface area (Å²) < 4.78 is 13.0. The largest absolute Gasteiger partial charge is 0.508 e. The van der Waals surface area contributed by atoms with E-state index in [2.05, 4.69) is 41.5 Å². The van der Waals surface area contributed by atoms with Gasteiger partial charge in [-0.2, -0.15) is 0 Å². The number of aliphatic hydroxyl groups is 2. The number of aliphatic hydroxyl groups excluding tert-OH is 1. The second-order valence-electron chi connectivity index (χ2n) is 18.3. The molecule has 6 rings (SSSR count). The van der Waals surface area contributed by atoms with Gasteiger partial charge in [0.1, 0.15) is 17.9 Å². The molecule has 0 spiro atoms. The molecule has 46 heavy (non-hydrogen) atoms. The number of fused-ring (bicyclic) bond motifs is 5. The average molecular weight is 640 g/mol. The van der Waals surface area contributed by atoms with Crippen molar-refractivity contribution in [3.8, 4) is 5.75 Å². The van der Waals surface area contributed by atoms with Gasteiger partial charge in [-0.25, -0.2) is 0 Å². The van der Waals surface area contributed by atoms with Crippen LogP contribution in [0, 0.1) is 45.3 Å². The van der Waals surface area contributed by atoms with Gasteiger partial charge in [0.15, 0.2) is 0 Å². The highest BCUT2D eigenvalue weighted by atomic mass is 16.5. The third-order valence-electron chi connectivity index (χ3n) is 15.2. The molecule has 1 aliphatic heterocycles. The Morgan fingerprint density at radius 2 is 1.61 bits per heavy atom. The number of phenolic OH excluding ortho intramolecular Hbond substituents is 1. The molecular formula is C39H61NO6. The van der Waals surface area contributed by atoms with E-state index in [0.717, 1.165) is 63.4 Å². The summed E-state index contributed by atoms with van der Waals surface area (Å²) in [6.45, 7) is 18.0. The van der Waals surface area contributed by atoms with Crippen molar-refractivity contribution in [2.75, 3.05) is 0 Å². The smallest absolute Gasteiger partial charge is 0.323 e. The summed E-state index contributed by atoms with van der Waals surface area (Å²) in [6, 6.07) is 6.06. The summed E-state index contributed by atoms with van der Waals surface area (Å²) in [7, 11) is 0. The highest BCUT2D eigenvalue weighted by molar-refractivity contribution is 5.76. The van der Waals surface area contributed by atoms with Crippen molar-refractivity contribution in [1.82, 2.24) is 0 Å². The molecule has 1 aromatic carbocycles. The second kappa shape index (κ2) is 11.2. The van der Waals surface area contributed by atoms with Crippen molar-refractivity contribution in [2.24, 2.45) is 51.1 Å². The van der Waals surface area contributed by atoms with E-state index in [1.165, 1.54) is 0 Å². The number of aromatic hydroxyl groups is 1. The molecule has 4 aliphatic carbocycles. The lowest BCUT2D eigenvalue weighted by molar-refractivity contribution is -0.251. The molecule has 0 amide bonds. The van der Waals surface area contributed by atoms with Crippen LogP contribution in [0.1, 0.15) is 119 Å². The van der Waals surface area contributed by atoms with Crippen molar-refractivity contribution in [2.45, 2.75) is 155 Å². The van der Waals surface area contributed by atoms with Gasteiger partial charge in [0.25, 0.3) is 0 Å². The Bertz CT molecular complexity index is 1310. The maximum absolute atomic E-state index is 13.3. The first-order chi connectivity index (χ1) is 21.3. The number of hydrogen-bond acceptors (Lipinski definition) is 7. The highest BCUT2D eigenvalue weighted by Crippen LogP contribution is 2.76. The van der Waals surface area contributed by atoms with Crippen LogP contribution in [0.3, 0.4) is 0 Å². The molecule has 0 unspecified atom stereocenters. The van der Waals surface area contributed by atoms with Gasteiger partial charge in [0.2, 0.25) is 0 Å². The van der Waals surface area contributed by atoms with Crippen molar-refractivity contribution in [3.05, 3.63) is 29.8 Å². The second-order valence-corrected chi connectivity index (χ2v) is 18.3. The van der Waals surface area contributed by atoms with Crippen LogP contribution >= 0.6 is 0 Å². The zero-order chi connectivity index (χ0) is 33.7. The van der Waals surface area contributed by atoms with Gasteiger partial charge >= 0.3 is 5.97 Å². The van der Waals surface area contributed by atoms with Gasteiger partial charge in [-0.3, -0.25) is 4.79 Å². The molecule has 0 aromatic heterocycles. The molecule has 0 radical (unpaired) electrons. The fourth-order valence-corrected chi connectivity index (χ4v) is 12.5. The fraction of sp³-hybridized carbons (Fsp3) is 0.821. The molecule has 4 saturated carbocycles. The molecule has 12 atom stereocenters. The number of carbonyl (C=O) groups excluding carboxylic acids is 1. The third kappa shape index (κ3) is 5.16. The minimum Gasteiger partial charge on any atom is -0.508 e. The lowest BCUT2D eigenvalue weighted by atomic mass is 9.35. The van der Waals surface area contributed by atoms with Crippen LogP contribution in [-0.4, -0.2) is 56.8 Å². The van der Waals surface area contributed by atoms with Gasteiger partial charge in [-0.05, 0) is 143 Å². The van der Waals surface area contributed by atoms with E-state index >= 15 is 0 Å². The summed E-state index contributed by atoms with van der Waals surface area (Å²) >= 11 is 0. The molecule has 7 nitrogen and oxygen atoms in total. The summed E-state index contributed by atoms with van der Waals surface area (Å²) in [6.07, 6.45) is 8.33. The van der Waals surface area contributed by atoms with Crippen molar-refractivity contribution >= 4 is 5.97 Å². The predicted molar refractivity (Wildman–Crippen MR) is 179 cm³/mol. The Kier molecular flexibility index (Phi) is 8.31. The summed E-state index contributed by atoms with van der Waals surface area (Å²) in [5.41, 5.74) is 5.94.